The molecule has 8 atom stereocenters. The van der Waals surface area contributed by atoms with Gasteiger partial charge >= 0.3 is 17.9 Å². The van der Waals surface area contributed by atoms with E-state index in [2.05, 4.69) is 37.2 Å². The quantitative estimate of drug-likeness (QED) is 0.0260. The van der Waals surface area contributed by atoms with Crippen molar-refractivity contribution in [3.05, 3.63) is 35.4 Å². The molecule has 0 saturated carbocycles. The van der Waals surface area contributed by atoms with Crippen molar-refractivity contribution in [3.63, 3.8) is 0 Å². The number of carboxylic acids is 3. The normalized spacial score (nSPS) is 16.4. The van der Waals surface area contributed by atoms with Gasteiger partial charge in [0, 0.05) is 12.0 Å². The van der Waals surface area contributed by atoms with Gasteiger partial charge in [-0.15, -0.1) is 0 Å². The zero-order valence-electron chi connectivity index (χ0n) is 37.8. The molecule has 0 aromatic heterocycles. The fourth-order valence-electron chi connectivity index (χ4n) is 6.94. The van der Waals surface area contributed by atoms with E-state index in [-0.39, 0.29) is 51.1 Å². The highest BCUT2D eigenvalue weighted by molar-refractivity contribution is 6.46. The fraction of sp³-hybridized carbons (Fsp3) is 0.605. The number of rotatable bonds is 31. The van der Waals surface area contributed by atoms with Gasteiger partial charge in [0.15, 0.2) is 0 Å². The molecule has 1 aromatic carbocycles. The van der Waals surface area contributed by atoms with Crippen molar-refractivity contribution in [1.29, 1.82) is 0 Å². The topological polar surface area (TPSA) is 405 Å². The highest BCUT2D eigenvalue weighted by atomic mass is 16.4. The minimum Gasteiger partial charge on any atom is -0.481 e. The number of carbonyl (C=O) groups is 11. The van der Waals surface area contributed by atoms with Gasteiger partial charge in [-0.1, -0.05) is 38.1 Å². The Labute approximate surface area is 386 Å². The van der Waals surface area contributed by atoms with E-state index in [1.807, 2.05) is 0 Å². The second-order valence-corrected chi connectivity index (χ2v) is 16.7. The van der Waals surface area contributed by atoms with Crippen molar-refractivity contribution in [2.45, 2.75) is 140 Å². The summed E-state index contributed by atoms with van der Waals surface area (Å²) in [7, 11) is 0. The van der Waals surface area contributed by atoms with Crippen LogP contribution in [-0.2, 0) is 54.4 Å². The zero-order chi connectivity index (χ0) is 50.4. The number of nitrogens with two attached hydrogens (primary N) is 2. The molecule has 0 bridgehead atoms. The van der Waals surface area contributed by atoms with E-state index in [0.717, 1.165) is 0 Å². The number of carboxylic acid groups (broad SMARTS) is 3. The minimum atomic E-state index is -1.93. The predicted octanol–water partition coefficient (Wildman–Crippen LogP) is -3.03. The molecule has 0 fully saturated rings. The van der Waals surface area contributed by atoms with Gasteiger partial charge in [-0.2, -0.15) is 0 Å². The van der Waals surface area contributed by atoms with Gasteiger partial charge in [0.05, 0.1) is 25.1 Å². The Kier molecular flexibility index (Phi) is 24.2. The Balaban J connectivity index is 2.31. The monoisotopic (exact) mass is 947 g/mol. The number of ketones is 2. The number of nitrogens with one attached hydrogen (secondary N) is 7. The largest absolute Gasteiger partial charge is 0.481 e. The summed E-state index contributed by atoms with van der Waals surface area (Å²) in [6, 6.07) is -4.65. The average molecular weight is 948 g/mol. The number of aliphatic carboxylic acids is 3. The molecule has 6 amide bonds. The van der Waals surface area contributed by atoms with E-state index in [1.54, 1.807) is 38.1 Å². The van der Waals surface area contributed by atoms with Crippen molar-refractivity contribution in [2.75, 3.05) is 19.7 Å². The van der Waals surface area contributed by atoms with Gasteiger partial charge in [0.25, 0.3) is 0 Å². The van der Waals surface area contributed by atoms with Gasteiger partial charge in [-0.3, -0.25) is 47.9 Å². The Morgan fingerprint density at radius 1 is 0.642 bits per heavy atom. The van der Waals surface area contributed by atoms with Gasteiger partial charge < -0.3 is 69.1 Å². The van der Waals surface area contributed by atoms with Gasteiger partial charge in [0.2, 0.25) is 47.0 Å². The van der Waals surface area contributed by atoms with Crippen LogP contribution in [0.15, 0.2) is 24.3 Å². The van der Waals surface area contributed by atoms with Gasteiger partial charge in [-0.25, -0.2) is 4.79 Å². The molecule has 372 valence electrons. The number of hydrogen-bond donors (Lipinski definition) is 13. The van der Waals surface area contributed by atoms with Crippen LogP contribution in [0.1, 0.15) is 101 Å². The minimum absolute atomic E-state index is 0.0236. The average Bonchev–Trinajstić information content (AvgIpc) is 3.26. The second kappa shape index (κ2) is 28.6. The van der Waals surface area contributed by atoms with E-state index in [0.29, 0.717) is 30.4 Å². The number of unbranched alkanes of at least 4 members (excludes halogenated alkanes) is 2. The van der Waals surface area contributed by atoms with Crippen LogP contribution in [0.4, 0.5) is 0 Å². The molecule has 24 heteroatoms. The highest BCUT2D eigenvalue weighted by Gasteiger charge is 2.36. The van der Waals surface area contributed by atoms with Crippen LogP contribution < -0.4 is 48.7 Å². The molecule has 0 saturated heterocycles. The molecular formula is C43H65N9O15. The highest BCUT2D eigenvalue weighted by Crippen LogP contribution is 2.19. The maximum atomic E-state index is 14.0. The maximum Gasteiger partial charge on any atom is 0.326 e. The first-order chi connectivity index (χ1) is 31.6. The summed E-state index contributed by atoms with van der Waals surface area (Å²) in [5, 5.41) is 55.5. The van der Waals surface area contributed by atoms with Crippen LogP contribution in [-0.4, -0.2) is 153 Å². The SMILES string of the molecule is CC(C)C[C@H](NC(=O)[C@H](CC(=O)O)NC(=O)[C@H](CCC(=O)O)NC(=O)[C@H](CO)NC(=O)[C@H](C)N)C(=O)N[C@@H](CCCCNC1Cc2ccccc2C(=O)C1=O)C(=O)N[C@@H](CCCCN)C(=O)O. The van der Waals surface area contributed by atoms with Gasteiger partial charge in [-0.05, 0) is 89.3 Å². The van der Waals surface area contributed by atoms with Gasteiger partial charge in [0.1, 0.15) is 36.3 Å². The summed E-state index contributed by atoms with van der Waals surface area (Å²) in [5.74, 6) is -12.1. The van der Waals surface area contributed by atoms with Crippen molar-refractivity contribution in [3.8, 4) is 0 Å². The molecule has 1 aliphatic carbocycles. The van der Waals surface area contributed by atoms with E-state index < -0.39 is 139 Å². The number of amides is 6. The predicted molar refractivity (Wildman–Crippen MR) is 237 cm³/mol. The molecule has 0 heterocycles. The molecule has 2 rings (SSSR count). The number of aliphatic hydroxyl groups is 1. The van der Waals surface area contributed by atoms with Crippen LogP contribution in [0, 0.1) is 5.92 Å². The van der Waals surface area contributed by atoms with E-state index in [1.165, 1.54) is 6.92 Å². The maximum absolute atomic E-state index is 14.0. The van der Waals surface area contributed by atoms with Crippen LogP contribution in [0.3, 0.4) is 0 Å². The van der Waals surface area contributed by atoms with E-state index in [4.69, 9.17) is 11.5 Å². The number of carbonyl (C=O) groups excluding carboxylic acids is 8. The first-order valence-corrected chi connectivity index (χ1v) is 22.0. The molecular weight excluding hydrogens is 883 g/mol. The lowest BCUT2D eigenvalue weighted by Gasteiger charge is -2.27. The van der Waals surface area contributed by atoms with E-state index in [9.17, 15) is 73.2 Å². The summed E-state index contributed by atoms with van der Waals surface area (Å²) in [6.07, 6.45) is -0.813. The van der Waals surface area contributed by atoms with Crippen LogP contribution in [0.25, 0.3) is 0 Å². The van der Waals surface area contributed by atoms with Crippen LogP contribution >= 0.6 is 0 Å². The molecule has 1 aromatic rings. The number of Topliss-reactive ketones (excluding diaryl/α,β-unsaturated/α-hetero) is 2. The molecule has 0 aliphatic heterocycles. The third-order valence-electron chi connectivity index (χ3n) is 10.6. The lowest BCUT2D eigenvalue weighted by Crippen LogP contribution is -2.60. The fourth-order valence-corrected chi connectivity index (χ4v) is 6.94. The second-order valence-electron chi connectivity index (χ2n) is 16.7. The third-order valence-corrected chi connectivity index (χ3v) is 10.6. The molecule has 1 aliphatic rings. The van der Waals surface area contributed by atoms with Crippen molar-refractivity contribution >= 4 is 64.9 Å². The Hall–Kier alpha value is -6.37. The first-order valence-electron chi connectivity index (χ1n) is 22.0. The van der Waals surface area contributed by atoms with Crippen molar-refractivity contribution < 1.29 is 73.2 Å². The lowest BCUT2D eigenvalue weighted by molar-refractivity contribution is -0.142. The van der Waals surface area contributed by atoms with Crippen molar-refractivity contribution in [2.24, 2.45) is 17.4 Å². The Morgan fingerprint density at radius 3 is 1.72 bits per heavy atom. The zero-order valence-corrected chi connectivity index (χ0v) is 37.8. The molecule has 24 nitrogen and oxygen atoms in total. The summed E-state index contributed by atoms with van der Waals surface area (Å²) >= 11 is 0. The molecule has 67 heavy (non-hydrogen) atoms. The third kappa shape index (κ3) is 19.6. The van der Waals surface area contributed by atoms with Crippen LogP contribution in [0.2, 0.25) is 0 Å². The number of hydrogen-bond acceptors (Lipinski definition) is 15. The number of fused-ring (bicyclic) bond motifs is 1. The number of benzene rings is 1. The lowest BCUT2D eigenvalue weighted by atomic mass is 9.86. The Bertz CT molecular complexity index is 1950. The van der Waals surface area contributed by atoms with Crippen molar-refractivity contribution in [1.82, 2.24) is 37.2 Å². The number of aliphatic hydroxyl groups excluding tert-OH is 1. The first kappa shape index (κ1) is 56.8. The summed E-state index contributed by atoms with van der Waals surface area (Å²) in [4.78, 5) is 141. The summed E-state index contributed by atoms with van der Waals surface area (Å²) in [6.45, 7) is 4.21. The standard InChI is InChI=1S/C43H65N9O15/c1-22(2)18-30(50-41(64)31(20-34(56)57)51-39(62)27(14-15-33(54)55)48-42(65)32(21-53)52-37(60)23(3)45)40(63)47-26(38(61)49-28(43(66)67)13-6-8-16-44)12-7-9-17-46-29-19-24-10-4-5-11-25(24)35(58)36(29)59/h4-5,10-11,22-23,26-32,46,53H,6-9,12-21,44-45H2,1-3H3,(H,47,63)(H,48,65)(H,49,61)(H,50,64)(H,51,62)(H,52,60)(H,54,55)(H,56,57)(H,66,67)/t23-,26-,27-,28-,29?,30-,31-,32-/m0/s1. The molecule has 1 unspecified atom stereocenters. The summed E-state index contributed by atoms with van der Waals surface area (Å²) < 4.78 is 0. The summed E-state index contributed by atoms with van der Waals surface area (Å²) in [5.41, 5.74) is 12.1. The Morgan fingerprint density at radius 2 is 1.15 bits per heavy atom. The molecule has 0 radical (unpaired) electrons. The molecule has 0 spiro atoms. The smallest absolute Gasteiger partial charge is 0.326 e. The van der Waals surface area contributed by atoms with E-state index >= 15 is 0 Å². The van der Waals surface area contributed by atoms with Crippen LogP contribution in [0.5, 0.6) is 0 Å². The molecule has 15 N–H and O–H groups in total.